The molecule has 0 spiro atoms. The Morgan fingerprint density at radius 3 is 1.48 bits per heavy atom. The van der Waals surface area contributed by atoms with E-state index in [1.807, 2.05) is 42.5 Å². The molecule has 0 aliphatic heterocycles. The Balaban J connectivity index is 1.56. The van der Waals surface area contributed by atoms with Gasteiger partial charge in [-0.05, 0) is 108 Å². The third kappa shape index (κ3) is 14.9. The first-order chi connectivity index (χ1) is 21.6. The molecule has 0 aliphatic rings. The van der Waals surface area contributed by atoms with E-state index in [0.29, 0.717) is 24.6 Å². The second-order valence-corrected chi connectivity index (χ2v) is 12.2. The monoisotopic (exact) mass is 711 g/mol. The number of aromatic nitrogens is 1. The lowest BCUT2D eigenvalue weighted by Crippen LogP contribution is -1.96. The van der Waals surface area contributed by atoms with Crippen LogP contribution >= 0.6 is 31.9 Å². The minimum absolute atomic E-state index is 0.576. The summed E-state index contributed by atoms with van der Waals surface area (Å²) in [6, 6.07) is 17.7. The lowest BCUT2D eigenvalue weighted by Gasteiger charge is -2.05. The number of hydrogen-bond donors (Lipinski definition) is 0. The number of unbranched alkanes of at least 4 members (excludes halogenated alkanes) is 6. The van der Waals surface area contributed by atoms with E-state index in [1.165, 1.54) is 38.5 Å². The van der Waals surface area contributed by atoms with Gasteiger partial charge in [-0.1, -0.05) is 102 Å². The Bertz CT molecular complexity index is 1480. The molecule has 3 aromatic rings. The Morgan fingerprint density at radius 1 is 0.568 bits per heavy atom. The maximum Gasteiger partial charge on any atom is 0.115 e. The summed E-state index contributed by atoms with van der Waals surface area (Å²) in [5.74, 6) is 23.9. The number of nitrogens with zero attached hydrogens (tertiary/aromatic N) is 1. The smallest absolute Gasteiger partial charge is 0.115 e. The maximum absolute atomic E-state index is 5.83. The van der Waals surface area contributed by atoms with Crippen LogP contribution in [0.4, 0.5) is 0 Å². The van der Waals surface area contributed by atoms with Crippen molar-refractivity contribution in [3.63, 3.8) is 0 Å². The zero-order chi connectivity index (χ0) is 31.2. The minimum atomic E-state index is 0.576. The van der Waals surface area contributed by atoms with Crippen molar-refractivity contribution in [3.8, 4) is 47.4 Å². The van der Waals surface area contributed by atoms with Gasteiger partial charge in [-0.2, -0.15) is 0 Å². The predicted octanol–water partition coefficient (Wildman–Crippen LogP) is 9.61. The predicted molar refractivity (Wildman–Crippen MR) is 188 cm³/mol. The molecule has 0 N–H and O–H groups in total. The molecule has 0 aliphatic carbocycles. The summed E-state index contributed by atoms with van der Waals surface area (Å²) in [7, 11) is 0. The molecular formula is C39H39Br2NO2. The Labute approximate surface area is 281 Å². The molecule has 0 amide bonds. The van der Waals surface area contributed by atoms with E-state index in [-0.39, 0.29) is 0 Å². The van der Waals surface area contributed by atoms with Crippen LogP contribution in [0, 0.1) is 47.4 Å². The highest BCUT2D eigenvalue weighted by Crippen LogP contribution is 2.17. The molecule has 226 valence electrons. The minimum Gasteiger partial charge on any atom is -0.377 e. The van der Waals surface area contributed by atoms with E-state index in [9.17, 15) is 0 Å². The largest absolute Gasteiger partial charge is 0.377 e. The molecule has 44 heavy (non-hydrogen) atoms. The van der Waals surface area contributed by atoms with Crippen molar-refractivity contribution in [3.05, 3.63) is 97.2 Å². The molecule has 0 fully saturated rings. The fraction of sp³-hybridized carbons (Fsp3) is 0.359. The number of halogens is 2. The normalized spacial score (nSPS) is 9.91. The average molecular weight is 714 g/mol. The van der Waals surface area contributed by atoms with Crippen LogP contribution in [0.2, 0.25) is 0 Å². The maximum atomic E-state index is 5.83. The van der Waals surface area contributed by atoms with Gasteiger partial charge >= 0.3 is 0 Å². The quantitative estimate of drug-likeness (QED) is 0.123. The summed E-state index contributed by atoms with van der Waals surface area (Å²) < 4.78 is 13.6. The van der Waals surface area contributed by atoms with Gasteiger partial charge in [0.25, 0.3) is 0 Å². The summed E-state index contributed by atoms with van der Waals surface area (Å²) in [4.78, 5) is 4.51. The van der Waals surface area contributed by atoms with Gasteiger partial charge in [0, 0.05) is 33.3 Å². The van der Waals surface area contributed by atoms with Crippen LogP contribution in [0.1, 0.15) is 98.9 Å². The molecule has 0 radical (unpaired) electrons. The zero-order valence-corrected chi connectivity index (χ0v) is 28.9. The summed E-state index contributed by atoms with van der Waals surface area (Å²) >= 11 is 7.15. The van der Waals surface area contributed by atoms with E-state index >= 15 is 0 Å². The third-order valence-corrected chi connectivity index (χ3v) is 7.32. The molecule has 0 bridgehead atoms. The van der Waals surface area contributed by atoms with Gasteiger partial charge in [0.2, 0.25) is 0 Å². The van der Waals surface area contributed by atoms with Crippen molar-refractivity contribution in [2.45, 2.75) is 78.4 Å². The highest BCUT2D eigenvalue weighted by atomic mass is 79.9. The van der Waals surface area contributed by atoms with Gasteiger partial charge in [-0.15, -0.1) is 0 Å². The number of pyridine rings is 1. The van der Waals surface area contributed by atoms with Crippen molar-refractivity contribution in [1.82, 2.24) is 4.98 Å². The van der Waals surface area contributed by atoms with Gasteiger partial charge in [-0.25, -0.2) is 4.98 Å². The SMILES string of the molecule is CCCCCCOCc1cc(Br)cc(C#CC#Cc2cccc(C#CC#Cc3cc(Br)cc(COCCCCCC)c3)n2)c1. The zero-order valence-electron chi connectivity index (χ0n) is 25.7. The number of benzene rings is 2. The molecule has 0 saturated carbocycles. The van der Waals surface area contributed by atoms with Crippen molar-refractivity contribution >= 4 is 31.9 Å². The Morgan fingerprint density at radius 2 is 1.02 bits per heavy atom. The van der Waals surface area contributed by atoms with E-state index in [2.05, 4.69) is 110 Å². The molecule has 5 heteroatoms. The topological polar surface area (TPSA) is 31.4 Å². The molecule has 1 heterocycles. The van der Waals surface area contributed by atoms with E-state index in [0.717, 1.165) is 57.3 Å². The molecule has 0 atom stereocenters. The van der Waals surface area contributed by atoms with Crippen LogP contribution in [0.3, 0.4) is 0 Å². The van der Waals surface area contributed by atoms with Crippen molar-refractivity contribution in [1.29, 1.82) is 0 Å². The summed E-state index contributed by atoms with van der Waals surface area (Å²) in [6.45, 7) is 7.14. The van der Waals surface area contributed by atoms with Crippen LogP contribution < -0.4 is 0 Å². The number of ether oxygens (including phenoxy) is 2. The fourth-order valence-electron chi connectivity index (χ4n) is 4.22. The Kier molecular flexibility index (Phi) is 17.1. The number of rotatable bonds is 14. The second-order valence-electron chi connectivity index (χ2n) is 10.3. The lowest BCUT2D eigenvalue weighted by atomic mass is 10.1. The highest BCUT2D eigenvalue weighted by molar-refractivity contribution is 9.10. The van der Waals surface area contributed by atoms with Crippen molar-refractivity contribution in [2.24, 2.45) is 0 Å². The molecule has 3 rings (SSSR count). The molecule has 3 nitrogen and oxygen atoms in total. The van der Waals surface area contributed by atoms with Crippen LogP contribution in [0.25, 0.3) is 0 Å². The first kappa shape index (κ1) is 35.2. The molecule has 0 saturated heterocycles. The van der Waals surface area contributed by atoms with Gasteiger partial charge in [-0.3, -0.25) is 0 Å². The fourth-order valence-corrected chi connectivity index (χ4v) is 5.31. The van der Waals surface area contributed by atoms with Gasteiger partial charge in [0.15, 0.2) is 0 Å². The van der Waals surface area contributed by atoms with Crippen LogP contribution in [-0.4, -0.2) is 18.2 Å². The van der Waals surface area contributed by atoms with Crippen molar-refractivity contribution < 1.29 is 9.47 Å². The number of hydrogen-bond acceptors (Lipinski definition) is 3. The van der Waals surface area contributed by atoms with Crippen LogP contribution in [-0.2, 0) is 22.7 Å². The van der Waals surface area contributed by atoms with E-state index in [4.69, 9.17) is 9.47 Å². The highest BCUT2D eigenvalue weighted by Gasteiger charge is 2.00. The average Bonchev–Trinajstić information content (AvgIpc) is 3.01. The van der Waals surface area contributed by atoms with Crippen LogP contribution in [0.5, 0.6) is 0 Å². The van der Waals surface area contributed by atoms with E-state index < -0.39 is 0 Å². The van der Waals surface area contributed by atoms with E-state index in [1.54, 1.807) is 0 Å². The summed E-state index contributed by atoms with van der Waals surface area (Å²) in [5.41, 5.74) is 5.17. The summed E-state index contributed by atoms with van der Waals surface area (Å²) in [6.07, 6.45) is 9.59. The molecule has 1 aromatic heterocycles. The first-order valence-electron chi connectivity index (χ1n) is 15.3. The van der Waals surface area contributed by atoms with Crippen molar-refractivity contribution in [2.75, 3.05) is 13.2 Å². The lowest BCUT2D eigenvalue weighted by molar-refractivity contribution is 0.116. The third-order valence-electron chi connectivity index (χ3n) is 6.41. The molecule has 0 unspecified atom stereocenters. The second kappa shape index (κ2) is 21.4. The van der Waals surface area contributed by atoms with Gasteiger partial charge in [0.1, 0.15) is 11.4 Å². The van der Waals surface area contributed by atoms with Gasteiger partial charge < -0.3 is 9.47 Å². The molecule has 2 aromatic carbocycles. The Hall–Kier alpha value is -3.29. The van der Waals surface area contributed by atoms with Gasteiger partial charge in [0.05, 0.1) is 13.2 Å². The summed E-state index contributed by atoms with van der Waals surface area (Å²) in [5, 5.41) is 0. The standard InChI is InChI=1S/C39H39Br2NO2/c1-3-5-7-13-22-43-30-34-24-32(26-36(40)28-34)16-9-11-18-38-20-15-21-39(42-38)19-12-10-17-33-25-35(29-37(41)27-33)31-44-23-14-8-6-4-2/h15,20-21,24-29H,3-8,13-14,22-23,30-31H2,1-2H3. The molecular weight excluding hydrogens is 674 g/mol. The van der Waals surface area contributed by atoms with Crippen LogP contribution in [0.15, 0.2) is 63.5 Å². The first-order valence-corrected chi connectivity index (χ1v) is 16.9.